The van der Waals surface area contributed by atoms with Gasteiger partial charge in [-0.2, -0.15) is 0 Å². The van der Waals surface area contributed by atoms with Crippen molar-refractivity contribution in [1.29, 1.82) is 0 Å². The molecule has 0 spiro atoms. The van der Waals surface area contributed by atoms with E-state index in [2.05, 4.69) is 25.9 Å². The number of aliphatic hydroxyl groups excluding tert-OH is 1. The van der Waals surface area contributed by atoms with Crippen LogP contribution in [0, 0.1) is 0 Å². The van der Waals surface area contributed by atoms with Crippen LogP contribution in [-0.2, 0) is 36.8 Å². The summed E-state index contributed by atoms with van der Waals surface area (Å²) in [6.07, 6.45) is 2.76. The molecule has 43 heavy (non-hydrogen) atoms. The van der Waals surface area contributed by atoms with Crippen LogP contribution in [0.4, 0.5) is 0 Å². The average molecular weight is 592 g/mol. The van der Waals surface area contributed by atoms with E-state index in [1.165, 1.54) is 0 Å². The van der Waals surface area contributed by atoms with E-state index >= 15 is 0 Å². The highest BCUT2D eigenvalue weighted by Gasteiger charge is 2.31. The lowest BCUT2D eigenvalue weighted by Crippen LogP contribution is -2.58. The first-order valence-electron chi connectivity index (χ1n) is 13.5. The molecule has 4 rings (SSSR count). The number of aromatic amines is 2. The van der Waals surface area contributed by atoms with Gasteiger partial charge >= 0.3 is 5.97 Å². The molecule has 14 heteroatoms. The monoisotopic (exact) mass is 591 g/mol. The molecule has 0 aliphatic heterocycles. The molecule has 4 amide bonds. The number of rotatable bonds is 14. The summed E-state index contributed by atoms with van der Waals surface area (Å²) in [5.74, 6) is -4.73. The molecule has 14 nitrogen and oxygen atoms in total. The first kappa shape index (κ1) is 30.7. The van der Waals surface area contributed by atoms with Crippen LogP contribution in [0.25, 0.3) is 21.8 Å². The molecule has 0 bridgehead atoms. The number of carboxylic acid groups (broad SMARTS) is 1. The highest BCUT2D eigenvalue weighted by molar-refractivity contribution is 5.96. The zero-order valence-corrected chi connectivity index (χ0v) is 23.0. The summed E-state index contributed by atoms with van der Waals surface area (Å²) in [6, 6.07) is 9.03. The minimum Gasteiger partial charge on any atom is -0.480 e. The van der Waals surface area contributed by atoms with Gasteiger partial charge in [0.1, 0.15) is 18.1 Å². The lowest BCUT2D eigenvalue weighted by Gasteiger charge is -2.24. The van der Waals surface area contributed by atoms with Crippen molar-refractivity contribution in [1.82, 2.24) is 25.9 Å². The fraction of sp³-hybridized carbons (Fsp3) is 0.276. The number of carbonyl (C=O) groups excluding carboxylic acids is 4. The Morgan fingerprint density at radius 3 is 1.70 bits per heavy atom. The van der Waals surface area contributed by atoms with Crippen molar-refractivity contribution in [3.8, 4) is 0 Å². The van der Waals surface area contributed by atoms with Gasteiger partial charge in [0.15, 0.2) is 0 Å². The molecular formula is C29H33N7O7. The van der Waals surface area contributed by atoms with Gasteiger partial charge in [-0.15, -0.1) is 0 Å². The summed E-state index contributed by atoms with van der Waals surface area (Å²) in [7, 11) is 0. The van der Waals surface area contributed by atoms with Gasteiger partial charge in [0.25, 0.3) is 0 Å². The maximum Gasteiger partial charge on any atom is 0.326 e. The van der Waals surface area contributed by atoms with Gasteiger partial charge in [-0.25, -0.2) is 4.79 Å². The third-order valence-electron chi connectivity index (χ3n) is 7.02. The van der Waals surface area contributed by atoms with Crippen LogP contribution < -0.4 is 27.4 Å². The van der Waals surface area contributed by atoms with Crippen molar-refractivity contribution < 1.29 is 34.2 Å². The fourth-order valence-corrected chi connectivity index (χ4v) is 4.78. The number of nitrogens with one attached hydrogen (secondary N) is 5. The SMILES string of the molecule is NC(=O)CC(N)C(=O)NC(Cc1c[nH]c2ccccc12)C(=O)NC(CO)C(=O)NC(Cc1c[nH]c2ccccc12)C(=O)O. The molecule has 226 valence electrons. The van der Waals surface area contributed by atoms with Gasteiger partial charge in [0, 0.05) is 47.0 Å². The highest BCUT2D eigenvalue weighted by Crippen LogP contribution is 2.20. The number of aromatic nitrogens is 2. The van der Waals surface area contributed by atoms with E-state index in [-0.39, 0.29) is 12.8 Å². The Hall–Kier alpha value is -5.21. The minimum absolute atomic E-state index is 0.0387. The molecule has 0 saturated carbocycles. The van der Waals surface area contributed by atoms with Crippen LogP contribution in [0.1, 0.15) is 17.5 Å². The van der Waals surface area contributed by atoms with E-state index in [1.807, 2.05) is 36.4 Å². The number of fused-ring (bicyclic) bond motifs is 2. The molecule has 0 aliphatic carbocycles. The quantitative estimate of drug-likeness (QED) is 0.0893. The number of hydrogen-bond donors (Lipinski definition) is 9. The Balaban J connectivity index is 1.49. The van der Waals surface area contributed by atoms with E-state index < -0.39 is 66.8 Å². The third-order valence-corrected chi connectivity index (χ3v) is 7.02. The number of benzene rings is 2. The number of nitrogens with two attached hydrogens (primary N) is 2. The maximum atomic E-state index is 13.4. The summed E-state index contributed by atoms with van der Waals surface area (Å²) in [6.45, 7) is -0.855. The van der Waals surface area contributed by atoms with E-state index in [1.54, 1.807) is 24.5 Å². The largest absolute Gasteiger partial charge is 0.480 e. The number of aliphatic carboxylic acids is 1. The number of carbonyl (C=O) groups is 5. The predicted molar refractivity (Wildman–Crippen MR) is 156 cm³/mol. The van der Waals surface area contributed by atoms with Crippen molar-refractivity contribution in [3.05, 3.63) is 72.1 Å². The third kappa shape index (κ3) is 7.55. The molecule has 2 aromatic heterocycles. The number of H-pyrrole nitrogens is 2. The molecule has 4 atom stereocenters. The van der Waals surface area contributed by atoms with Crippen LogP contribution in [0.2, 0.25) is 0 Å². The zero-order valence-electron chi connectivity index (χ0n) is 23.0. The lowest BCUT2D eigenvalue weighted by atomic mass is 10.0. The molecule has 11 N–H and O–H groups in total. The van der Waals surface area contributed by atoms with E-state index in [0.717, 1.165) is 21.8 Å². The summed E-state index contributed by atoms with van der Waals surface area (Å²) in [5.41, 5.74) is 13.8. The molecule has 0 saturated heterocycles. The Morgan fingerprint density at radius 1 is 0.721 bits per heavy atom. The van der Waals surface area contributed by atoms with Crippen LogP contribution >= 0.6 is 0 Å². The van der Waals surface area contributed by atoms with E-state index in [4.69, 9.17) is 11.5 Å². The molecular weight excluding hydrogens is 558 g/mol. The number of aliphatic hydroxyl groups is 1. The highest BCUT2D eigenvalue weighted by atomic mass is 16.4. The standard InChI is InChI=1S/C29H33N7O7/c30-19(11-25(31)38)26(39)34-22(9-15-12-32-20-7-3-1-5-17(15)20)27(40)36-24(14-37)28(41)35-23(29(42)43)10-16-13-33-21-8-4-2-6-18(16)21/h1-8,12-13,19,22-24,32-33,37H,9-11,14,30H2,(H2,31,38)(H,34,39)(H,35,41)(H,36,40)(H,42,43). The maximum absolute atomic E-state index is 13.4. The lowest BCUT2D eigenvalue weighted by molar-refractivity contribution is -0.142. The molecule has 2 heterocycles. The van der Waals surface area contributed by atoms with Gasteiger partial charge in [0.05, 0.1) is 19.1 Å². The topological polar surface area (TPSA) is 246 Å². The molecule has 0 aliphatic rings. The molecule has 2 aromatic carbocycles. The Morgan fingerprint density at radius 2 is 1.19 bits per heavy atom. The van der Waals surface area contributed by atoms with Crippen molar-refractivity contribution in [2.24, 2.45) is 11.5 Å². The van der Waals surface area contributed by atoms with E-state index in [0.29, 0.717) is 11.1 Å². The van der Waals surface area contributed by atoms with Gasteiger partial charge in [-0.3, -0.25) is 19.2 Å². The summed E-state index contributed by atoms with van der Waals surface area (Å²) >= 11 is 0. The van der Waals surface area contributed by atoms with Crippen LogP contribution in [0.5, 0.6) is 0 Å². The van der Waals surface area contributed by atoms with Crippen molar-refractivity contribution in [2.45, 2.75) is 43.4 Å². The van der Waals surface area contributed by atoms with Crippen molar-refractivity contribution in [2.75, 3.05) is 6.61 Å². The molecule has 0 radical (unpaired) electrons. The normalized spacial score (nSPS) is 14.0. The second-order valence-electron chi connectivity index (χ2n) is 10.1. The number of hydrogen-bond acceptors (Lipinski definition) is 7. The summed E-state index contributed by atoms with van der Waals surface area (Å²) in [5, 5.41) is 28.6. The number of amides is 4. The second-order valence-corrected chi connectivity index (χ2v) is 10.1. The van der Waals surface area contributed by atoms with Gasteiger partial charge in [-0.05, 0) is 23.3 Å². The first-order chi connectivity index (χ1) is 20.6. The number of para-hydroxylation sites is 2. The molecule has 4 unspecified atom stereocenters. The number of carboxylic acids is 1. The minimum atomic E-state index is -1.54. The summed E-state index contributed by atoms with van der Waals surface area (Å²) < 4.78 is 0. The fourth-order valence-electron chi connectivity index (χ4n) is 4.78. The van der Waals surface area contributed by atoms with Crippen molar-refractivity contribution in [3.63, 3.8) is 0 Å². The van der Waals surface area contributed by atoms with Gasteiger partial charge in [0.2, 0.25) is 23.6 Å². The van der Waals surface area contributed by atoms with Crippen LogP contribution in [0.3, 0.4) is 0 Å². The Labute approximate surface area is 245 Å². The second kappa shape index (κ2) is 13.6. The van der Waals surface area contributed by atoms with Crippen LogP contribution in [-0.4, -0.2) is 80.6 Å². The zero-order chi connectivity index (χ0) is 31.1. The summed E-state index contributed by atoms with van der Waals surface area (Å²) in [4.78, 5) is 68.6. The van der Waals surface area contributed by atoms with Crippen molar-refractivity contribution >= 4 is 51.4 Å². The van der Waals surface area contributed by atoms with E-state index in [9.17, 15) is 34.2 Å². The average Bonchev–Trinajstić information content (AvgIpc) is 3.58. The van der Waals surface area contributed by atoms with Gasteiger partial charge in [-0.1, -0.05) is 36.4 Å². The van der Waals surface area contributed by atoms with Crippen LogP contribution in [0.15, 0.2) is 60.9 Å². The number of primary amides is 1. The smallest absolute Gasteiger partial charge is 0.326 e. The molecule has 4 aromatic rings. The first-order valence-corrected chi connectivity index (χ1v) is 13.5. The predicted octanol–water partition coefficient (Wildman–Crippen LogP) is -0.832. The Bertz CT molecular complexity index is 1650. The van der Waals surface area contributed by atoms with Gasteiger partial charge < -0.3 is 47.6 Å². The molecule has 0 fully saturated rings. The Kier molecular flexibility index (Phi) is 9.75.